The van der Waals surface area contributed by atoms with E-state index in [4.69, 9.17) is 16.6 Å². The maximum Gasteiger partial charge on any atom is 0.173 e. The molecule has 1 aromatic heterocycles. The van der Waals surface area contributed by atoms with Crippen LogP contribution in [0.1, 0.15) is 27.0 Å². The van der Waals surface area contributed by atoms with Gasteiger partial charge in [0.15, 0.2) is 10.9 Å². The van der Waals surface area contributed by atoms with Crippen molar-refractivity contribution in [3.63, 3.8) is 0 Å². The van der Waals surface area contributed by atoms with Gasteiger partial charge in [0, 0.05) is 10.6 Å². The number of imidazole rings is 1. The largest absolute Gasteiger partial charge is 0.314 e. The molecule has 0 amide bonds. The van der Waals surface area contributed by atoms with Crippen molar-refractivity contribution in [3.8, 4) is 0 Å². The zero-order chi connectivity index (χ0) is 20.4. The van der Waals surface area contributed by atoms with Crippen LogP contribution in [0.15, 0.2) is 71.9 Å². The van der Waals surface area contributed by atoms with Gasteiger partial charge in [0.05, 0.1) is 23.3 Å². The summed E-state index contributed by atoms with van der Waals surface area (Å²) in [5.41, 5.74) is 5.92. The topological polar surface area (TPSA) is 34.9 Å². The van der Waals surface area contributed by atoms with Gasteiger partial charge < -0.3 is 4.57 Å². The molecule has 0 aliphatic rings. The van der Waals surface area contributed by atoms with Crippen LogP contribution in [0.4, 0.5) is 0 Å². The fraction of sp³-hybridized carbons (Fsp3) is 0.167. The molecule has 0 N–H and O–H groups in total. The molecule has 0 fully saturated rings. The lowest BCUT2D eigenvalue weighted by atomic mass is 10.0. The van der Waals surface area contributed by atoms with Crippen molar-refractivity contribution in [1.82, 2.24) is 9.55 Å². The van der Waals surface area contributed by atoms with Crippen LogP contribution >= 0.6 is 23.4 Å². The number of rotatable bonds is 6. The SMILES string of the molecule is Cc1ccc(C)c(C(=O)CSc2nc3cc(Cl)ccc3n2Cc2ccccc2)c1. The van der Waals surface area contributed by atoms with Crippen LogP contribution in [-0.4, -0.2) is 21.1 Å². The number of carbonyl (C=O) groups excluding carboxylic acids is 1. The van der Waals surface area contributed by atoms with Crippen LogP contribution in [0.2, 0.25) is 5.02 Å². The van der Waals surface area contributed by atoms with Gasteiger partial charge in [-0.3, -0.25) is 4.79 Å². The minimum atomic E-state index is 0.118. The second-order valence-corrected chi connectivity index (χ2v) is 8.51. The van der Waals surface area contributed by atoms with E-state index in [-0.39, 0.29) is 5.78 Å². The Balaban J connectivity index is 1.64. The van der Waals surface area contributed by atoms with Crippen molar-refractivity contribution < 1.29 is 4.79 Å². The van der Waals surface area contributed by atoms with E-state index in [0.717, 1.165) is 32.9 Å². The Hall–Kier alpha value is -2.56. The molecule has 1 heterocycles. The third-order valence-electron chi connectivity index (χ3n) is 4.88. The Kier molecular flexibility index (Phi) is 5.74. The van der Waals surface area contributed by atoms with Gasteiger partial charge in [0.1, 0.15) is 0 Å². The van der Waals surface area contributed by atoms with Crippen LogP contribution in [-0.2, 0) is 6.54 Å². The van der Waals surface area contributed by atoms with Crippen LogP contribution in [0, 0.1) is 13.8 Å². The molecular weight excluding hydrogens is 400 g/mol. The van der Waals surface area contributed by atoms with Gasteiger partial charge in [-0.2, -0.15) is 0 Å². The van der Waals surface area contributed by atoms with E-state index in [9.17, 15) is 4.79 Å². The minimum Gasteiger partial charge on any atom is -0.314 e. The number of aryl methyl sites for hydroxylation is 2. The smallest absolute Gasteiger partial charge is 0.173 e. The molecule has 0 radical (unpaired) electrons. The van der Waals surface area contributed by atoms with Crippen molar-refractivity contribution in [3.05, 3.63) is 94.0 Å². The molecule has 3 aromatic carbocycles. The lowest BCUT2D eigenvalue weighted by molar-refractivity contribution is 0.102. The molecule has 4 rings (SSSR count). The highest BCUT2D eigenvalue weighted by molar-refractivity contribution is 7.99. The van der Waals surface area contributed by atoms with E-state index in [0.29, 0.717) is 17.3 Å². The molecule has 0 aliphatic carbocycles. The third-order valence-corrected chi connectivity index (χ3v) is 6.10. The van der Waals surface area contributed by atoms with Crippen molar-refractivity contribution in [2.24, 2.45) is 0 Å². The number of carbonyl (C=O) groups is 1. The Bertz CT molecular complexity index is 1180. The second kappa shape index (κ2) is 8.44. The number of benzene rings is 3. The van der Waals surface area contributed by atoms with Gasteiger partial charge in [-0.05, 0) is 49.2 Å². The predicted octanol–water partition coefficient (Wildman–Crippen LogP) is 6.33. The van der Waals surface area contributed by atoms with Gasteiger partial charge in [0.2, 0.25) is 0 Å². The number of halogens is 1. The average Bonchev–Trinajstić information content (AvgIpc) is 3.05. The first-order chi connectivity index (χ1) is 14.0. The molecule has 4 aromatic rings. The Morgan fingerprint density at radius 3 is 2.62 bits per heavy atom. The molecule has 0 spiro atoms. The normalized spacial score (nSPS) is 11.1. The minimum absolute atomic E-state index is 0.118. The van der Waals surface area contributed by atoms with Crippen molar-refractivity contribution in [1.29, 1.82) is 0 Å². The first-order valence-electron chi connectivity index (χ1n) is 9.44. The van der Waals surface area contributed by atoms with Gasteiger partial charge in [0.25, 0.3) is 0 Å². The number of aromatic nitrogens is 2. The van der Waals surface area contributed by atoms with Crippen LogP contribution in [0.5, 0.6) is 0 Å². The Morgan fingerprint density at radius 1 is 1.03 bits per heavy atom. The number of nitrogens with zero attached hydrogens (tertiary/aromatic N) is 2. The number of ketones is 1. The monoisotopic (exact) mass is 420 g/mol. The van der Waals surface area contributed by atoms with E-state index < -0.39 is 0 Å². The molecule has 0 atom stereocenters. The molecular formula is C24H21ClN2OS. The summed E-state index contributed by atoms with van der Waals surface area (Å²) >= 11 is 7.64. The van der Waals surface area contributed by atoms with E-state index in [1.165, 1.54) is 17.3 Å². The van der Waals surface area contributed by atoms with Crippen molar-refractivity contribution >= 4 is 40.2 Å². The van der Waals surface area contributed by atoms with Crippen molar-refractivity contribution in [2.75, 3.05) is 5.75 Å². The third kappa shape index (κ3) is 4.39. The van der Waals surface area contributed by atoms with E-state index in [2.05, 4.69) is 16.7 Å². The zero-order valence-electron chi connectivity index (χ0n) is 16.4. The maximum atomic E-state index is 12.9. The molecule has 0 aliphatic heterocycles. The Labute approximate surface area is 179 Å². The summed E-state index contributed by atoms with van der Waals surface area (Å²) in [5, 5.41) is 1.48. The number of Topliss-reactive ketones (excluding diaryl/α,β-unsaturated/α-hetero) is 1. The highest BCUT2D eigenvalue weighted by Gasteiger charge is 2.16. The molecule has 5 heteroatoms. The van der Waals surface area contributed by atoms with Gasteiger partial charge in [-0.15, -0.1) is 0 Å². The summed E-state index contributed by atoms with van der Waals surface area (Å²) in [6, 6.07) is 22.0. The Morgan fingerprint density at radius 2 is 1.83 bits per heavy atom. The van der Waals surface area contributed by atoms with E-state index in [1.54, 1.807) is 0 Å². The highest BCUT2D eigenvalue weighted by atomic mass is 35.5. The summed E-state index contributed by atoms with van der Waals surface area (Å²) in [5.74, 6) is 0.461. The van der Waals surface area contributed by atoms with Crippen LogP contribution in [0.3, 0.4) is 0 Å². The predicted molar refractivity (Wildman–Crippen MR) is 121 cm³/mol. The summed E-state index contributed by atoms with van der Waals surface area (Å²) < 4.78 is 2.15. The average molecular weight is 421 g/mol. The number of fused-ring (bicyclic) bond motifs is 1. The lowest BCUT2D eigenvalue weighted by Gasteiger charge is -2.10. The zero-order valence-corrected chi connectivity index (χ0v) is 17.9. The lowest BCUT2D eigenvalue weighted by Crippen LogP contribution is -2.07. The fourth-order valence-electron chi connectivity index (χ4n) is 3.35. The molecule has 0 saturated heterocycles. The summed E-state index contributed by atoms with van der Waals surface area (Å²) in [6.45, 7) is 4.68. The molecule has 146 valence electrons. The quantitative estimate of drug-likeness (QED) is 0.270. The van der Waals surface area contributed by atoms with Crippen LogP contribution < -0.4 is 0 Å². The van der Waals surface area contributed by atoms with E-state index in [1.807, 2.05) is 68.4 Å². The summed E-state index contributed by atoms with van der Waals surface area (Å²) in [6.07, 6.45) is 0. The fourth-order valence-corrected chi connectivity index (χ4v) is 4.42. The van der Waals surface area contributed by atoms with Crippen molar-refractivity contribution in [2.45, 2.75) is 25.5 Å². The maximum absolute atomic E-state index is 12.9. The summed E-state index contributed by atoms with van der Waals surface area (Å²) in [7, 11) is 0. The molecule has 0 unspecified atom stereocenters. The molecule has 0 saturated carbocycles. The van der Waals surface area contributed by atoms with Crippen LogP contribution in [0.25, 0.3) is 11.0 Å². The van der Waals surface area contributed by atoms with Gasteiger partial charge in [-0.1, -0.05) is 71.4 Å². The molecule has 3 nitrogen and oxygen atoms in total. The molecule has 29 heavy (non-hydrogen) atoms. The standard InChI is InChI=1S/C24H21ClN2OS/c1-16-8-9-17(2)20(12-16)23(28)15-29-24-26-21-13-19(25)10-11-22(21)27(24)14-18-6-4-3-5-7-18/h3-13H,14-15H2,1-2H3. The van der Waals surface area contributed by atoms with Gasteiger partial charge >= 0.3 is 0 Å². The van der Waals surface area contributed by atoms with Gasteiger partial charge in [-0.25, -0.2) is 4.98 Å². The second-order valence-electron chi connectivity index (χ2n) is 7.13. The molecule has 0 bridgehead atoms. The first kappa shape index (κ1) is 19.7. The summed E-state index contributed by atoms with van der Waals surface area (Å²) in [4.78, 5) is 17.6. The van der Waals surface area contributed by atoms with E-state index >= 15 is 0 Å². The number of thioether (sulfide) groups is 1. The highest BCUT2D eigenvalue weighted by Crippen LogP contribution is 2.28. The first-order valence-corrected chi connectivity index (χ1v) is 10.8. The number of hydrogen-bond acceptors (Lipinski definition) is 3. The number of hydrogen-bond donors (Lipinski definition) is 0.